The molecule has 0 aliphatic rings. The Hall–Kier alpha value is -3.29. The summed E-state index contributed by atoms with van der Waals surface area (Å²) < 4.78 is 14.2. The third kappa shape index (κ3) is 4.17. The van der Waals surface area contributed by atoms with Crippen LogP contribution in [0.4, 0.5) is 0 Å². The fourth-order valence-corrected chi connectivity index (χ4v) is 3.45. The van der Waals surface area contributed by atoms with Gasteiger partial charge in [-0.3, -0.25) is 9.13 Å². The highest BCUT2D eigenvalue weighted by Gasteiger charge is 2.13. The van der Waals surface area contributed by atoms with Crippen LogP contribution in [0.25, 0.3) is 11.0 Å². The lowest BCUT2D eigenvalue weighted by molar-refractivity contribution is 0.108. The van der Waals surface area contributed by atoms with Crippen LogP contribution in [0.15, 0.2) is 70.1 Å². The molecule has 0 aliphatic carbocycles. The van der Waals surface area contributed by atoms with Gasteiger partial charge in [-0.15, -0.1) is 0 Å². The minimum absolute atomic E-state index is 0.0911. The predicted octanol–water partition coefficient (Wildman–Crippen LogP) is 2.87. The van der Waals surface area contributed by atoms with Crippen LogP contribution < -0.4 is 15.7 Å². The van der Waals surface area contributed by atoms with Gasteiger partial charge in [0.05, 0.1) is 23.8 Å². The second-order valence-corrected chi connectivity index (χ2v) is 7.30. The smallest absolute Gasteiger partial charge is 0.328 e. The summed E-state index contributed by atoms with van der Waals surface area (Å²) >= 11 is 0. The van der Waals surface area contributed by atoms with E-state index in [0.29, 0.717) is 17.9 Å². The number of aliphatic hydroxyl groups excluding tert-OH is 1. The zero-order valence-electron chi connectivity index (χ0n) is 17.0. The molecule has 2 N–H and O–H groups in total. The van der Waals surface area contributed by atoms with Gasteiger partial charge in [-0.2, -0.15) is 0 Å². The molecule has 156 valence electrons. The van der Waals surface area contributed by atoms with Crippen LogP contribution in [-0.4, -0.2) is 20.8 Å². The zero-order valence-corrected chi connectivity index (χ0v) is 17.0. The summed E-state index contributed by atoms with van der Waals surface area (Å²) in [5, 5.41) is 13.9. The molecule has 4 aromatic rings. The van der Waals surface area contributed by atoms with E-state index >= 15 is 0 Å². The molecule has 0 saturated carbocycles. The number of nitrogens with zero attached hydrogens (tertiary/aromatic N) is 2. The van der Waals surface area contributed by atoms with Crippen molar-refractivity contribution in [1.82, 2.24) is 14.5 Å². The van der Waals surface area contributed by atoms with Gasteiger partial charge in [-0.05, 0) is 47.5 Å². The van der Waals surface area contributed by atoms with Crippen molar-refractivity contribution in [3.63, 3.8) is 0 Å². The van der Waals surface area contributed by atoms with Gasteiger partial charge < -0.3 is 19.6 Å². The predicted molar refractivity (Wildman–Crippen MR) is 114 cm³/mol. The van der Waals surface area contributed by atoms with Crippen molar-refractivity contribution in [2.24, 2.45) is 14.1 Å². The molecule has 0 spiro atoms. The van der Waals surface area contributed by atoms with Gasteiger partial charge in [0.15, 0.2) is 0 Å². The average Bonchev–Trinajstić information content (AvgIpc) is 3.36. The molecule has 0 aliphatic heterocycles. The van der Waals surface area contributed by atoms with E-state index in [4.69, 9.17) is 9.15 Å². The van der Waals surface area contributed by atoms with Gasteiger partial charge in [0.25, 0.3) is 0 Å². The first kappa shape index (κ1) is 20.0. The number of aliphatic hydroxyl groups is 1. The molecule has 0 amide bonds. The molecule has 1 atom stereocenters. The SMILES string of the molecule is Cn1c(=O)n(C)c2cc([C@@H](O)COc3ccc(CNCc4ccco4)cc3)ccc21. The highest BCUT2D eigenvalue weighted by Crippen LogP contribution is 2.21. The second-order valence-electron chi connectivity index (χ2n) is 7.30. The van der Waals surface area contributed by atoms with Gasteiger partial charge in [0.1, 0.15) is 24.2 Å². The van der Waals surface area contributed by atoms with Crippen LogP contribution in [0.5, 0.6) is 5.75 Å². The first-order valence-electron chi connectivity index (χ1n) is 9.81. The molecule has 7 heteroatoms. The number of rotatable bonds is 8. The maximum absolute atomic E-state index is 12.1. The summed E-state index contributed by atoms with van der Waals surface area (Å²) in [6.07, 6.45) is 0.871. The molecule has 0 saturated heterocycles. The summed E-state index contributed by atoms with van der Waals surface area (Å²) in [7, 11) is 3.46. The van der Waals surface area contributed by atoms with E-state index < -0.39 is 6.10 Å². The van der Waals surface area contributed by atoms with Gasteiger partial charge >= 0.3 is 5.69 Å². The van der Waals surface area contributed by atoms with Crippen LogP contribution in [0, 0.1) is 0 Å². The van der Waals surface area contributed by atoms with Crippen molar-refractivity contribution >= 4 is 11.0 Å². The van der Waals surface area contributed by atoms with Crippen molar-refractivity contribution in [1.29, 1.82) is 0 Å². The summed E-state index contributed by atoms with van der Waals surface area (Å²) in [6.45, 7) is 1.52. The molecule has 2 heterocycles. The van der Waals surface area contributed by atoms with E-state index in [0.717, 1.165) is 28.9 Å². The fourth-order valence-electron chi connectivity index (χ4n) is 3.45. The van der Waals surface area contributed by atoms with Crippen LogP contribution in [-0.2, 0) is 27.2 Å². The second kappa shape index (κ2) is 8.61. The maximum atomic E-state index is 12.1. The summed E-state index contributed by atoms with van der Waals surface area (Å²) in [5.74, 6) is 1.59. The molecule has 7 nitrogen and oxygen atoms in total. The Bertz CT molecular complexity index is 1170. The van der Waals surface area contributed by atoms with Crippen molar-refractivity contribution < 1.29 is 14.3 Å². The lowest BCUT2D eigenvalue weighted by Gasteiger charge is -2.13. The molecule has 0 radical (unpaired) electrons. The fraction of sp³-hybridized carbons (Fsp3) is 0.261. The van der Waals surface area contributed by atoms with E-state index in [-0.39, 0.29) is 12.3 Å². The van der Waals surface area contributed by atoms with E-state index in [1.807, 2.05) is 54.6 Å². The maximum Gasteiger partial charge on any atom is 0.328 e. The summed E-state index contributed by atoms with van der Waals surface area (Å²) in [6, 6.07) is 17.1. The Kier molecular flexibility index (Phi) is 5.74. The topological polar surface area (TPSA) is 81.6 Å². The first-order chi connectivity index (χ1) is 14.5. The number of nitrogens with one attached hydrogen (secondary N) is 1. The monoisotopic (exact) mass is 407 g/mol. The van der Waals surface area contributed by atoms with E-state index in [2.05, 4.69) is 5.32 Å². The van der Waals surface area contributed by atoms with Gasteiger partial charge in [0, 0.05) is 20.6 Å². The summed E-state index contributed by atoms with van der Waals surface area (Å²) in [4.78, 5) is 12.1. The molecule has 0 unspecified atom stereocenters. The van der Waals surface area contributed by atoms with Crippen LogP contribution in [0.2, 0.25) is 0 Å². The number of benzene rings is 2. The largest absolute Gasteiger partial charge is 0.491 e. The highest BCUT2D eigenvalue weighted by atomic mass is 16.5. The third-order valence-electron chi connectivity index (χ3n) is 5.22. The number of aromatic nitrogens is 2. The molecular weight excluding hydrogens is 382 g/mol. The molecular formula is C23H25N3O4. The van der Waals surface area contributed by atoms with Crippen molar-refractivity contribution in [2.45, 2.75) is 19.2 Å². The lowest BCUT2D eigenvalue weighted by Crippen LogP contribution is -2.19. The highest BCUT2D eigenvalue weighted by molar-refractivity contribution is 5.76. The molecule has 30 heavy (non-hydrogen) atoms. The number of hydrogen-bond acceptors (Lipinski definition) is 5. The zero-order chi connectivity index (χ0) is 21.1. The minimum Gasteiger partial charge on any atom is -0.491 e. The normalized spacial score (nSPS) is 12.4. The molecule has 0 bridgehead atoms. The van der Waals surface area contributed by atoms with Gasteiger partial charge in [-0.1, -0.05) is 18.2 Å². The molecule has 2 aromatic carbocycles. The molecule has 0 fully saturated rings. The lowest BCUT2D eigenvalue weighted by atomic mass is 10.1. The van der Waals surface area contributed by atoms with Crippen LogP contribution >= 0.6 is 0 Å². The Labute approximate surface area is 174 Å². The van der Waals surface area contributed by atoms with Crippen LogP contribution in [0.3, 0.4) is 0 Å². The Morgan fingerprint density at radius 3 is 2.53 bits per heavy atom. The first-order valence-corrected chi connectivity index (χ1v) is 9.81. The Morgan fingerprint density at radius 2 is 1.80 bits per heavy atom. The standard InChI is InChI=1S/C23H25N3O4/c1-25-20-10-7-17(12-21(20)26(2)23(25)28)22(27)15-30-18-8-5-16(6-9-18)13-24-14-19-4-3-11-29-19/h3-12,22,24,27H,13-15H2,1-2H3/t22-/m0/s1. The average molecular weight is 407 g/mol. The van der Waals surface area contributed by atoms with Gasteiger partial charge in [0.2, 0.25) is 0 Å². The number of hydrogen-bond donors (Lipinski definition) is 2. The number of aryl methyl sites for hydroxylation is 2. The third-order valence-corrected chi connectivity index (χ3v) is 5.22. The Morgan fingerprint density at radius 1 is 1.03 bits per heavy atom. The van der Waals surface area contributed by atoms with Crippen molar-refractivity contribution in [3.05, 3.63) is 88.2 Å². The summed E-state index contributed by atoms with van der Waals surface area (Å²) in [5.41, 5.74) is 3.36. The van der Waals surface area contributed by atoms with Gasteiger partial charge in [-0.25, -0.2) is 4.79 Å². The quantitative estimate of drug-likeness (QED) is 0.469. The van der Waals surface area contributed by atoms with E-state index in [1.165, 1.54) is 0 Å². The number of furan rings is 1. The van der Waals surface area contributed by atoms with Crippen molar-refractivity contribution in [3.8, 4) is 5.75 Å². The number of fused-ring (bicyclic) bond motifs is 1. The number of imidazole rings is 1. The van der Waals surface area contributed by atoms with Crippen LogP contribution in [0.1, 0.15) is 23.0 Å². The van der Waals surface area contributed by atoms with E-state index in [1.54, 1.807) is 29.5 Å². The number of ether oxygens (including phenoxy) is 1. The minimum atomic E-state index is -0.792. The molecule has 2 aromatic heterocycles. The van der Waals surface area contributed by atoms with E-state index in [9.17, 15) is 9.90 Å². The van der Waals surface area contributed by atoms with Crippen molar-refractivity contribution in [2.75, 3.05) is 6.61 Å². The Balaban J connectivity index is 1.33. The molecule has 4 rings (SSSR count).